The fourth-order valence-corrected chi connectivity index (χ4v) is 1.03. The molecule has 1 aromatic heterocycles. The molecule has 0 aliphatic heterocycles. The minimum absolute atomic E-state index is 0.327. The highest BCUT2D eigenvalue weighted by molar-refractivity contribution is 5.39. The lowest BCUT2D eigenvalue weighted by molar-refractivity contribution is -0.275. The van der Waals surface area contributed by atoms with E-state index in [1.807, 2.05) is 0 Å². The van der Waals surface area contributed by atoms with Crippen LogP contribution in [0.25, 0.3) is 0 Å². The van der Waals surface area contributed by atoms with Gasteiger partial charge >= 0.3 is 6.36 Å². The quantitative estimate of drug-likeness (QED) is 0.816. The van der Waals surface area contributed by atoms with E-state index in [4.69, 9.17) is 10.2 Å². The fourth-order valence-electron chi connectivity index (χ4n) is 1.03. The van der Waals surface area contributed by atoms with Gasteiger partial charge in [-0.05, 0) is 0 Å². The Bertz CT molecular complexity index is 407. The van der Waals surface area contributed by atoms with Gasteiger partial charge in [0, 0.05) is 6.07 Å². The van der Waals surface area contributed by atoms with Crippen LogP contribution in [0.5, 0.6) is 11.5 Å². The number of aliphatic hydroxyl groups is 1. The molecule has 0 fully saturated rings. The first-order valence-electron chi connectivity index (χ1n) is 4.12. The second-order valence-corrected chi connectivity index (χ2v) is 2.84. The van der Waals surface area contributed by atoms with Gasteiger partial charge in [0.05, 0.1) is 6.61 Å². The molecule has 0 aromatic carbocycles. The molecule has 2 N–H and O–H groups in total. The summed E-state index contributed by atoms with van der Waals surface area (Å²) in [6.45, 7) is -1.04. The third-order valence-corrected chi connectivity index (χ3v) is 1.65. The number of ether oxygens (including phenoxy) is 1. The molecule has 96 valence electrons. The van der Waals surface area contributed by atoms with E-state index in [1.165, 1.54) is 0 Å². The van der Waals surface area contributed by atoms with E-state index in [-0.39, 0.29) is 0 Å². The molecule has 0 amide bonds. The van der Waals surface area contributed by atoms with Gasteiger partial charge in [-0.25, -0.2) is 13.8 Å². The average Bonchev–Trinajstić information content (AvgIpc) is 2.14. The van der Waals surface area contributed by atoms with Crippen LogP contribution < -0.4 is 4.74 Å². The summed E-state index contributed by atoms with van der Waals surface area (Å²) >= 11 is 0. The standard InChI is InChI=1S/C8H6F5NO3/c9-7(10)6-4(16)1-5(3(2-15)14-6)17-8(11,12)13/h1,7,15-16H,2H2. The van der Waals surface area contributed by atoms with Crippen molar-refractivity contribution in [2.75, 3.05) is 0 Å². The number of aromatic nitrogens is 1. The van der Waals surface area contributed by atoms with Gasteiger partial charge in [0.1, 0.15) is 17.1 Å². The zero-order chi connectivity index (χ0) is 13.2. The van der Waals surface area contributed by atoms with E-state index in [0.29, 0.717) is 6.07 Å². The summed E-state index contributed by atoms with van der Waals surface area (Å²) in [5.74, 6) is -2.17. The predicted molar refractivity (Wildman–Crippen MR) is 43.5 cm³/mol. The topological polar surface area (TPSA) is 62.6 Å². The Hall–Kier alpha value is -1.64. The number of rotatable bonds is 3. The van der Waals surface area contributed by atoms with E-state index < -0.39 is 42.3 Å². The van der Waals surface area contributed by atoms with Crippen LogP contribution in [0.1, 0.15) is 17.8 Å². The molecular formula is C8H6F5NO3. The smallest absolute Gasteiger partial charge is 0.506 e. The summed E-state index contributed by atoms with van der Waals surface area (Å²) in [4.78, 5) is 3.00. The number of alkyl halides is 5. The molecule has 0 aliphatic rings. The van der Waals surface area contributed by atoms with Gasteiger partial charge in [0.25, 0.3) is 6.43 Å². The number of halogens is 5. The molecule has 0 atom stereocenters. The molecule has 4 nitrogen and oxygen atoms in total. The van der Waals surface area contributed by atoms with Crippen LogP contribution in [0.15, 0.2) is 6.07 Å². The van der Waals surface area contributed by atoms with Crippen LogP contribution in [-0.2, 0) is 6.61 Å². The zero-order valence-electron chi connectivity index (χ0n) is 8.00. The van der Waals surface area contributed by atoms with Crippen molar-refractivity contribution in [1.29, 1.82) is 0 Å². The van der Waals surface area contributed by atoms with Crippen LogP contribution in [0.3, 0.4) is 0 Å². The molecule has 1 heterocycles. The Balaban J connectivity index is 3.19. The monoisotopic (exact) mass is 259 g/mol. The zero-order valence-corrected chi connectivity index (χ0v) is 8.00. The minimum atomic E-state index is -5.08. The highest BCUT2D eigenvalue weighted by Gasteiger charge is 2.33. The molecule has 0 unspecified atom stereocenters. The van der Waals surface area contributed by atoms with Crippen LogP contribution in [0.2, 0.25) is 0 Å². The van der Waals surface area contributed by atoms with Gasteiger partial charge in [0.15, 0.2) is 5.75 Å². The lowest BCUT2D eigenvalue weighted by atomic mass is 10.2. The predicted octanol–water partition coefficient (Wildman–Crippen LogP) is 2.12. The first-order valence-corrected chi connectivity index (χ1v) is 4.12. The normalized spacial score (nSPS) is 11.9. The van der Waals surface area contributed by atoms with E-state index >= 15 is 0 Å². The number of hydrogen-bond acceptors (Lipinski definition) is 4. The summed E-state index contributed by atoms with van der Waals surface area (Å²) in [7, 11) is 0. The minimum Gasteiger partial charge on any atom is -0.506 e. The second kappa shape index (κ2) is 4.70. The molecule has 0 bridgehead atoms. The second-order valence-electron chi connectivity index (χ2n) is 2.84. The van der Waals surface area contributed by atoms with E-state index in [2.05, 4.69) is 9.72 Å². The van der Waals surface area contributed by atoms with Crippen LogP contribution in [0, 0.1) is 0 Å². The molecule has 0 saturated carbocycles. The van der Waals surface area contributed by atoms with Crippen molar-refractivity contribution in [2.45, 2.75) is 19.4 Å². The molecule has 9 heteroatoms. The molecule has 0 spiro atoms. The van der Waals surface area contributed by atoms with E-state index in [9.17, 15) is 22.0 Å². The van der Waals surface area contributed by atoms with Crippen molar-refractivity contribution < 1.29 is 36.9 Å². The van der Waals surface area contributed by atoms with Gasteiger partial charge in [0.2, 0.25) is 0 Å². The Morgan fingerprint density at radius 2 is 1.94 bits per heavy atom. The third kappa shape index (κ3) is 3.41. The van der Waals surface area contributed by atoms with Crippen molar-refractivity contribution in [3.05, 3.63) is 17.5 Å². The lowest BCUT2D eigenvalue weighted by Gasteiger charge is -2.13. The Labute approximate surface area is 91.3 Å². The average molecular weight is 259 g/mol. The van der Waals surface area contributed by atoms with Crippen molar-refractivity contribution >= 4 is 0 Å². The van der Waals surface area contributed by atoms with Gasteiger partial charge < -0.3 is 14.9 Å². The number of hydrogen-bond donors (Lipinski definition) is 2. The summed E-state index contributed by atoms with van der Waals surface area (Å²) in [6.07, 6.45) is -8.26. The maximum atomic E-state index is 12.2. The van der Waals surface area contributed by atoms with Gasteiger partial charge in [-0.2, -0.15) is 0 Å². The van der Waals surface area contributed by atoms with Crippen molar-refractivity contribution in [3.8, 4) is 11.5 Å². The summed E-state index contributed by atoms with van der Waals surface area (Å²) < 4.78 is 63.6. The maximum absolute atomic E-state index is 12.2. The first kappa shape index (κ1) is 13.4. The van der Waals surface area contributed by atoms with Gasteiger partial charge in [-0.15, -0.1) is 13.2 Å². The Morgan fingerprint density at radius 1 is 1.35 bits per heavy atom. The van der Waals surface area contributed by atoms with Crippen molar-refractivity contribution in [3.63, 3.8) is 0 Å². The molecule has 17 heavy (non-hydrogen) atoms. The molecule has 0 aliphatic carbocycles. The summed E-state index contributed by atoms with van der Waals surface area (Å²) in [6, 6.07) is 0.327. The molecule has 1 rings (SSSR count). The van der Waals surface area contributed by atoms with Crippen LogP contribution in [-0.4, -0.2) is 21.6 Å². The molecule has 0 saturated heterocycles. The van der Waals surface area contributed by atoms with Gasteiger partial charge in [-0.1, -0.05) is 0 Å². The summed E-state index contributed by atoms with van der Waals surface area (Å²) in [5, 5.41) is 17.7. The van der Waals surface area contributed by atoms with E-state index in [0.717, 1.165) is 0 Å². The number of pyridine rings is 1. The molecule has 1 aromatic rings. The van der Waals surface area contributed by atoms with Crippen LogP contribution in [0.4, 0.5) is 22.0 Å². The number of aromatic hydroxyl groups is 1. The van der Waals surface area contributed by atoms with Gasteiger partial charge in [-0.3, -0.25) is 0 Å². The largest absolute Gasteiger partial charge is 0.573 e. The van der Waals surface area contributed by atoms with Crippen LogP contribution >= 0.6 is 0 Å². The molecular weight excluding hydrogens is 253 g/mol. The Kier molecular flexibility index (Phi) is 3.71. The highest BCUT2D eigenvalue weighted by atomic mass is 19.4. The SMILES string of the molecule is OCc1nc(C(F)F)c(O)cc1OC(F)(F)F. The Morgan fingerprint density at radius 3 is 2.35 bits per heavy atom. The fraction of sp³-hybridized carbons (Fsp3) is 0.375. The van der Waals surface area contributed by atoms with Crippen molar-refractivity contribution in [2.24, 2.45) is 0 Å². The van der Waals surface area contributed by atoms with E-state index in [1.54, 1.807) is 0 Å². The first-order chi connectivity index (χ1) is 7.74. The highest BCUT2D eigenvalue weighted by Crippen LogP contribution is 2.34. The number of aliphatic hydroxyl groups excluding tert-OH is 1. The molecule has 0 radical (unpaired) electrons. The van der Waals surface area contributed by atoms with Crippen molar-refractivity contribution in [1.82, 2.24) is 4.98 Å². The lowest BCUT2D eigenvalue weighted by Crippen LogP contribution is -2.19. The number of nitrogens with zero attached hydrogens (tertiary/aromatic N) is 1. The maximum Gasteiger partial charge on any atom is 0.573 e. The third-order valence-electron chi connectivity index (χ3n) is 1.65. The summed E-state index contributed by atoms with van der Waals surface area (Å²) in [5.41, 5.74) is -1.86.